The fraction of sp³-hybridized carbons (Fsp3) is 0.409. The average molecular weight is 397 g/mol. The number of benzene rings is 2. The van der Waals surface area contributed by atoms with Gasteiger partial charge in [-0.05, 0) is 49.5 Å². The van der Waals surface area contributed by atoms with Gasteiger partial charge < -0.3 is 24.9 Å². The summed E-state index contributed by atoms with van der Waals surface area (Å²) >= 11 is 0. The topological polar surface area (TPSA) is 42.1 Å². The highest BCUT2D eigenvalue weighted by Crippen LogP contribution is 2.23. The van der Waals surface area contributed by atoms with E-state index >= 15 is 0 Å². The van der Waals surface area contributed by atoms with E-state index in [0.717, 1.165) is 39.3 Å². The molecule has 2 aromatic carbocycles. The average Bonchev–Trinajstić information content (AvgIpc) is 2.75. The zero-order valence-electron chi connectivity index (χ0n) is 16.9. The lowest BCUT2D eigenvalue weighted by molar-refractivity contribution is 0.208. The van der Waals surface area contributed by atoms with Crippen LogP contribution in [0.1, 0.15) is 0 Å². The summed E-state index contributed by atoms with van der Waals surface area (Å²) in [4.78, 5) is 21.3. The van der Waals surface area contributed by atoms with Gasteiger partial charge in [-0.25, -0.2) is 9.18 Å². The van der Waals surface area contributed by atoms with Gasteiger partial charge in [0.15, 0.2) is 0 Å². The standard InChI is InChI=1S/C22H28FN5O/c1-25-9-11-26(12-10-25)20-5-7-21(8-6-20)27-13-15-28(16-14-27)22(29)24-19-4-2-3-18(23)17-19/h2-8,17H,9-16H2,1H3,(H,24,29). The molecule has 4 rings (SSSR count). The second kappa shape index (κ2) is 8.69. The van der Waals surface area contributed by atoms with Crippen LogP contribution in [0.25, 0.3) is 0 Å². The molecule has 2 fully saturated rings. The normalized spacial score (nSPS) is 18.1. The van der Waals surface area contributed by atoms with E-state index in [0.29, 0.717) is 18.8 Å². The van der Waals surface area contributed by atoms with Crippen LogP contribution in [-0.4, -0.2) is 75.2 Å². The molecule has 29 heavy (non-hydrogen) atoms. The summed E-state index contributed by atoms with van der Waals surface area (Å²) in [6, 6.07) is 14.5. The van der Waals surface area contributed by atoms with Crippen molar-refractivity contribution in [3.8, 4) is 0 Å². The number of nitrogens with one attached hydrogen (secondary N) is 1. The van der Waals surface area contributed by atoms with Gasteiger partial charge in [0.2, 0.25) is 0 Å². The lowest BCUT2D eigenvalue weighted by Gasteiger charge is -2.37. The Morgan fingerprint density at radius 2 is 1.38 bits per heavy atom. The van der Waals surface area contributed by atoms with E-state index in [4.69, 9.17) is 0 Å². The Kier molecular flexibility index (Phi) is 5.85. The smallest absolute Gasteiger partial charge is 0.321 e. The second-order valence-corrected chi connectivity index (χ2v) is 7.72. The molecule has 2 saturated heterocycles. The number of hydrogen-bond donors (Lipinski definition) is 1. The van der Waals surface area contributed by atoms with Crippen molar-refractivity contribution in [2.75, 3.05) is 74.5 Å². The van der Waals surface area contributed by atoms with E-state index in [1.807, 2.05) is 0 Å². The number of amides is 2. The highest BCUT2D eigenvalue weighted by atomic mass is 19.1. The van der Waals surface area contributed by atoms with E-state index in [1.165, 1.54) is 23.5 Å². The number of halogens is 1. The lowest BCUT2D eigenvalue weighted by Crippen LogP contribution is -2.50. The molecule has 0 spiro atoms. The number of anilines is 3. The molecule has 154 valence electrons. The van der Waals surface area contributed by atoms with Crippen molar-refractivity contribution in [3.05, 3.63) is 54.3 Å². The number of urea groups is 1. The van der Waals surface area contributed by atoms with Crippen LogP contribution in [0.2, 0.25) is 0 Å². The van der Waals surface area contributed by atoms with Crippen LogP contribution in [0.5, 0.6) is 0 Å². The maximum Gasteiger partial charge on any atom is 0.321 e. The largest absolute Gasteiger partial charge is 0.369 e. The molecule has 1 N–H and O–H groups in total. The second-order valence-electron chi connectivity index (χ2n) is 7.72. The van der Waals surface area contributed by atoms with Gasteiger partial charge in [-0.2, -0.15) is 0 Å². The van der Waals surface area contributed by atoms with Crippen LogP contribution < -0.4 is 15.1 Å². The van der Waals surface area contributed by atoms with Crippen molar-refractivity contribution in [3.63, 3.8) is 0 Å². The number of piperazine rings is 2. The predicted molar refractivity (Wildman–Crippen MR) is 115 cm³/mol. The number of carbonyl (C=O) groups excluding carboxylic acids is 1. The van der Waals surface area contributed by atoms with Gasteiger partial charge in [0.05, 0.1) is 0 Å². The first-order valence-corrected chi connectivity index (χ1v) is 10.2. The molecule has 2 aromatic rings. The summed E-state index contributed by atoms with van der Waals surface area (Å²) in [7, 11) is 2.17. The molecule has 0 bridgehead atoms. The van der Waals surface area contributed by atoms with Gasteiger partial charge in [0.1, 0.15) is 5.82 Å². The third-order valence-electron chi connectivity index (χ3n) is 5.73. The van der Waals surface area contributed by atoms with Crippen molar-refractivity contribution >= 4 is 23.1 Å². The van der Waals surface area contributed by atoms with Crippen molar-refractivity contribution in [2.45, 2.75) is 0 Å². The highest BCUT2D eigenvalue weighted by molar-refractivity contribution is 5.89. The molecule has 2 heterocycles. The third-order valence-corrected chi connectivity index (χ3v) is 5.73. The SMILES string of the molecule is CN1CCN(c2ccc(N3CCN(C(=O)Nc4cccc(F)c4)CC3)cc2)CC1. The van der Waals surface area contributed by atoms with E-state index in [9.17, 15) is 9.18 Å². The van der Waals surface area contributed by atoms with Gasteiger partial charge in [-0.15, -0.1) is 0 Å². The number of nitrogens with zero attached hydrogens (tertiary/aromatic N) is 4. The van der Waals surface area contributed by atoms with Crippen LogP contribution in [-0.2, 0) is 0 Å². The molecule has 2 amide bonds. The van der Waals surface area contributed by atoms with Crippen molar-refractivity contribution in [1.82, 2.24) is 9.80 Å². The quantitative estimate of drug-likeness (QED) is 0.865. The fourth-order valence-corrected chi connectivity index (χ4v) is 3.88. The Morgan fingerprint density at radius 3 is 1.93 bits per heavy atom. The van der Waals surface area contributed by atoms with Gasteiger partial charge in [-0.3, -0.25) is 0 Å². The van der Waals surface area contributed by atoms with Crippen molar-refractivity contribution in [2.24, 2.45) is 0 Å². The minimum absolute atomic E-state index is 0.180. The van der Waals surface area contributed by atoms with E-state index in [2.05, 4.69) is 51.3 Å². The molecule has 0 radical (unpaired) electrons. The summed E-state index contributed by atoms with van der Waals surface area (Å²) in [6.45, 7) is 7.17. The molecule has 2 aliphatic rings. The molecule has 7 heteroatoms. The summed E-state index contributed by atoms with van der Waals surface area (Å²) in [5, 5.41) is 2.77. The lowest BCUT2D eigenvalue weighted by atomic mass is 10.2. The highest BCUT2D eigenvalue weighted by Gasteiger charge is 2.22. The molecule has 0 atom stereocenters. The van der Waals surface area contributed by atoms with Gasteiger partial charge in [-0.1, -0.05) is 6.07 Å². The number of carbonyl (C=O) groups is 1. The maximum absolute atomic E-state index is 13.3. The van der Waals surface area contributed by atoms with Crippen molar-refractivity contribution < 1.29 is 9.18 Å². The van der Waals surface area contributed by atoms with Crippen LogP contribution >= 0.6 is 0 Å². The fourth-order valence-electron chi connectivity index (χ4n) is 3.88. The predicted octanol–water partition coefficient (Wildman–Crippen LogP) is 2.93. The Hall–Kier alpha value is -2.80. The zero-order chi connectivity index (χ0) is 20.2. The van der Waals surface area contributed by atoms with Gasteiger partial charge in [0.25, 0.3) is 0 Å². The van der Waals surface area contributed by atoms with Crippen LogP contribution in [0.15, 0.2) is 48.5 Å². The zero-order valence-corrected chi connectivity index (χ0v) is 16.9. The molecular formula is C22H28FN5O. The van der Waals surface area contributed by atoms with Crippen LogP contribution in [0, 0.1) is 5.82 Å². The first-order chi connectivity index (χ1) is 14.1. The first kappa shape index (κ1) is 19.5. The van der Waals surface area contributed by atoms with E-state index in [-0.39, 0.29) is 11.8 Å². The van der Waals surface area contributed by atoms with E-state index < -0.39 is 0 Å². The Morgan fingerprint density at radius 1 is 0.828 bits per heavy atom. The third kappa shape index (κ3) is 4.79. The van der Waals surface area contributed by atoms with Crippen molar-refractivity contribution in [1.29, 1.82) is 0 Å². The van der Waals surface area contributed by atoms with Crippen LogP contribution in [0.3, 0.4) is 0 Å². The number of rotatable bonds is 3. The Labute approximate surface area is 171 Å². The van der Waals surface area contributed by atoms with Crippen LogP contribution in [0.4, 0.5) is 26.2 Å². The van der Waals surface area contributed by atoms with Gasteiger partial charge in [0, 0.05) is 69.4 Å². The Bertz CT molecular complexity index is 827. The molecule has 0 aromatic heterocycles. The van der Waals surface area contributed by atoms with E-state index in [1.54, 1.807) is 17.0 Å². The molecule has 6 nitrogen and oxygen atoms in total. The molecule has 0 saturated carbocycles. The van der Waals surface area contributed by atoms with Gasteiger partial charge >= 0.3 is 6.03 Å². The number of likely N-dealkylation sites (N-methyl/N-ethyl adjacent to an activating group) is 1. The maximum atomic E-state index is 13.3. The first-order valence-electron chi connectivity index (χ1n) is 10.2. The summed E-state index contributed by atoms with van der Waals surface area (Å²) < 4.78 is 13.3. The Balaban J connectivity index is 1.29. The number of hydrogen-bond acceptors (Lipinski definition) is 4. The minimum atomic E-state index is -0.354. The molecule has 0 aliphatic carbocycles. The summed E-state index contributed by atoms with van der Waals surface area (Å²) in [5.41, 5.74) is 2.94. The molecule has 2 aliphatic heterocycles. The monoisotopic (exact) mass is 397 g/mol. The summed E-state index contributed by atoms with van der Waals surface area (Å²) in [5.74, 6) is -0.354. The minimum Gasteiger partial charge on any atom is -0.369 e. The molecular weight excluding hydrogens is 369 g/mol. The summed E-state index contributed by atoms with van der Waals surface area (Å²) in [6.07, 6.45) is 0. The molecule has 0 unspecified atom stereocenters.